The molecule has 0 saturated heterocycles. The zero-order chi connectivity index (χ0) is 25.3. The molecular weight excluding hydrogens is 418 g/mol. The van der Waals surface area contributed by atoms with Gasteiger partial charge in [0.05, 0.1) is 27.9 Å². The fourth-order valence-electron chi connectivity index (χ4n) is 9.27. The van der Waals surface area contributed by atoms with E-state index < -0.39 is 34.4 Å². The van der Waals surface area contributed by atoms with E-state index in [9.17, 15) is 15.0 Å². The van der Waals surface area contributed by atoms with Gasteiger partial charge in [-0.25, -0.2) is 0 Å². The predicted molar refractivity (Wildman–Crippen MR) is 137 cm³/mol. The van der Waals surface area contributed by atoms with Crippen molar-refractivity contribution in [3.63, 3.8) is 0 Å². The number of hydrogen-bond acceptors (Lipinski definition) is 3. The van der Waals surface area contributed by atoms with Gasteiger partial charge in [0.15, 0.2) is 0 Å². The number of hydrogen-bond donors (Lipinski definition) is 3. The van der Waals surface area contributed by atoms with Crippen LogP contribution in [0.25, 0.3) is 0 Å². The third-order valence-electron chi connectivity index (χ3n) is 11.2. The molecule has 0 aromatic carbocycles. The van der Waals surface area contributed by atoms with E-state index in [2.05, 4.69) is 13.8 Å². The summed E-state index contributed by atoms with van der Waals surface area (Å²) in [5.41, 5.74) is -0.106. The van der Waals surface area contributed by atoms with Gasteiger partial charge in [0.25, 0.3) is 0 Å². The van der Waals surface area contributed by atoms with Gasteiger partial charge < -0.3 is 15.3 Å². The van der Waals surface area contributed by atoms with Crippen LogP contribution in [-0.2, 0) is 4.79 Å². The molecule has 0 amide bonds. The summed E-state index contributed by atoms with van der Waals surface area (Å²) in [6.45, 7) is 4.62. The number of fused-ring (bicyclic) bond motifs is 5. The van der Waals surface area contributed by atoms with Gasteiger partial charge in [0, 0.05) is 30.0 Å². The lowest BCUT2D eigenvalue weighted by Crippen LogP contribution is -2.65. The second-order valence-corrected chi connectivity index (χ2v) is 12.8. The highest BCUT2D eigenvalue weighted by Gasteiger charge is 2.66. The van der Waals surface area contributed by atoms with E-state index >= 15 is 0 Å². The van der Waals surface area contributed by atoms with E-state index in [0.29, 0.717) is 30.6 Å². The lowest BCUT2D eigenvalue weighted by molar-refractivity contribution is -0.205. The van der Waals surface area contributed by atoms with Gasteiger partial charge in [-0.1, -0.05) is 13.8 Å². The van der Waals surface area contributed by atoms with Crippen LogP contribution < -0.4 is 0 Å². The van der Waals surface area contributed by atoms with Crippen LogP contribution >= 0.6 is 0 Å². The van der Waals surface area contributed by atoms with E-state index in [4.69, 9.17) is 44.3 Å². The average Bonchev–Trinajstić information content (AvgIpc) is 3.04. The summed E-state index contributed by atoms with van der Waals surface area (Å²) in [6.07, 6.45) is 6.69. The maximum atomic E-state index is 12.0. The molecule has 0 aromatic rings. The molecule has 10 atom stereocenters. The van der Waals surface area contributed by atoms with Gasteiger partial charge in [-0.3, -0.25) is 4.79 Å². The predicted octanol–water partition coefficient (Wildman–Crippen LogP) is 2.49. The molecule has 0 bridgehead atoms. The Kier molecular flexibility index (Phi) is 7.03. The molecule has 4 nitrogen and oxygen atoms in total. The Bertz CT molecular complexity index is 788. The van der Waals surface area contributed by atoms with E-state index in [1.165, 1.54) is 0 Å². The Morgan fingerprint density at radius 3 is 2.15 bits per heavy atom. The number of aliphatic carboxylic acids is 1. The zero-order valence-corrected chi connectivity index (χ0v) is 20.8. The van der Waals surface area contributed by atoms with Gasteiger partial charge in [-0.15, -0.1) is 10.3 Å². The molecule has 4 aliphatic rings. The summed E-state index contributed by atoms with van der Waals surface area (Å²) < 4.78 is 0. The highest BCUT2D eigenvalue weighted by Crippen LogP contribution is 2.71. The van der Waals surface area contributed by atoms with E-state index in [1.807, 2.05) is 0 Å². The van der Waals surface area contributed by atoms with Crippen LogP contribution in [0.4, 0.5) is 0 Å². The molecule has 3 N–H and O–H groups in total. The van der Waals surface area contributed by atoms with Crippen molar-refractivity contribution in [3.8, 4) is 0 Å². The summed E-state index contributed by atoms with van der Waals surface area (Å²) in [5, 5.41) is 28.1. The minimum atomic E-state index is -1.89. The third kappa shape index (κ3) is 4.07. The van der Waals surface area contributed by atoms with Crippen molar-refractivity contribution >= 4 is 45.2 Å². The molecule has 176 valence electrons. The molecule has 0 aliphatic heterocycles. The van der Waals surface area contributed by atoms with Gasteiger partial charge in [0.2, 0.25) is 0 Å². The number of carboxylic acid groups (broad SMARTS) is 1. The van der Waals surface area contributed by atoms with Crippen molar-refractivity contribution < 1.29 is 20.1 Å². The molecule has 4 rings (SSSR count). The minimum absolute atomic E-state index is 0.00135. The Balaban J connectivity index is 1.70. The molecule has 9 heteroatoms. The van der Waals surface area contributed by atoms with Crippen LogP contribution in [0, 0.1) is 46.3 Å². The minimum Gasteiger partial charge on any atom is -0.481 e. The Labute approximate surface area is 212 Å². The number of aliphatic hydroxyl groups is 2. The first kappa shape index (κ1) is 26.8. The SMILES string of the molecule is [B]C([B])([B])C([B])([B])[C@H]1[C@@H](O)[C@@H]2[C@H](CC[C@]3(C)[C@@H](CCCC(=O)O)CC[C@@H]23)[C@@]2(C)CC[C@@H](O)C[C@@H]12. The van der Waals surface area contributed by atoms with E-state index in [-0.39, 0.29) is 29.1 Å². The summed E-state index contributed by atoms with van der Waals surface area (Å²) in [5.74, 6) is -0.480. The summed E-state index contributed by atoms with van der Waals surface area (Å²) >= 11 is 0. The summed E-state index contributed by atoms with van der Waals surface area (Å²) in [7, 11) is 31.5. The number of carboxylic acids is 1. The molecular formula is C25H37B5O4. The van der Waals surface area contributed by atoms with Crippen molar-refractivity contribution in [2.45, 2.75) is 101 Å². The van der Waals surface area contributed by atoms with Gasteiger partial charge >= 0.3 is 5.97 Å². The lowest BCUT2D eigenvalue weighted by Gasteiger charge is -2.68. The van der Waals surface area contributed by atoms with Crippen molar-refractivity contribution in [1.29, 1.82) is 0 Å². The van der Waals surface area contributed by atoms with Crippen molar-refractivity contribution in [2.75, 3.05) is 0 Å². The molecule has 34 heavy (non-hydrogen) atoms. The molecule has 0 heterocycles. The summed E-state index contributed by atoms with van der Waals surface area (Å²) in [4.78, 5) is 11.1. The van der Waals surface area contributed by atoms with Crippen molar-refractivity contribution in [2.24, 2.45) is 46.3 Å². The van der Waals surface area contributed by atoms with Crippen LogP contribution in [0.3, 0.4) is 0 Å². The number of aliphatic hydroxyl groups excluding tert-OH is 2. The normalized spacial score (nSPS) is 46.8. The molecule has 4 fully saturated rings. The quantitative estimate of drug-likeness (QED) is 0.538. The highest BCUT2D eigenvalue weighted by molar-refractivity contribution is 6.67. The van der Waals surface area contributed by atoms with Gasteiger partial charge in [-0.05, 0) is 104 Å². The van der Waals surface area contributed by atoms with Crippen molar-refractivity contribution in [1.82, 2.24) is 0 Å². The largest absolute Gasteiger partial charge is 0.481 e. The molecule has 0 unspecified atom stereocenters. The van der Waals surface area contributed by atoms with Crippen LogP contribution in [0.15, 0.2) is 0 Å². The van der Waals surface area contributed by atoms with Crippen LogP contribution in [0.1, 0.15) is 78.1 Å². The van der Waals surface area contributed by atoms with Crippen LogP contribution in [0.2, 0.25) is 10.3 Å². The van der Waals surface area contributed by atoms with Crippen LogP contribution in [0.5, 0.6) is 0 Å². The van der Waals surface area contributed by atoms with E-state index in [1.54, 1.807) is 0 Å². The Hall–Kier alpha value is -0.285. The summed E-state index contributed by atoms with van der Waals surface area (Å²) in [6, 6.07) is 0. The van der Waals surface area contributed by atoms with Crippen molar-refractivity contribution in [3.05, 3.63) is 0 Å². The molecule has 0 aromatic heterocycles. The first-order chi connectivity index (χ1) is 15.6. The Morgan fingerprint density at radius 2 is 1.53 bits per heavy atom. The third-order valence-corrected chi connectivity index (χ3v) is 11.2. The topological polar surface area (TPSA) is 77.8 Å². The molecule has 0 spiro atoms. The second kappa shape index (κ2) is 8.93. The fraction of sp³-hybridized carbons (Fsp3) is 0.960. The zero-order valence-electron chi connectivity index (χ0n) is 20.8. The average molecular weight is 456 g/mol. The smallest absolute Gasteiger partial charge is 0.303 e. The number of rotatable bonds is 6. The van der Waals surface area contributed by atoms with Crippen LogP contribution in [-0.4, -0.2) is 72.7 Å². The monoisotopic (exact) mass is 456 g/mol. The lowest BCUT2D eigenvalue weighted by atomic mass is 9.18. The highest BCUT2D eigenvalue weighted by atomic mass is 16.4. The molecule has 10 radical (unpaired) electrons. The van der Waals surface area contributed by atoms with Gasteiger partial charge in [0.1, 0.15) is 0 Å². The van der Waals surface area contributed by atoms with Gasteiger partial charge in [-0.2, -0.15) is 0 Å². The molecule has 4 saturated carbocycles. The number of carbonyl (C=O) groups is 1. The standard InChI is InChI=1S/C25H37B5O4/c1-22-11-9-16-19(15(22)7-6-13(22)4-3-5-18(32)33)21(34)20(24(26,27)25(28,29)30)17-12-14(31)8-10-23(16,17)2/h13-17,19-21,31,34H,3-12H2,1-2H3,(H,32,33)/t13-,14+,15-,16-,17-,19-,20+,21-,22+,23+/m0/s1. The van der Waals surface area contributed by atoms with E-state index in [0.717, 1.165) is 44.9 Å². The Morgan fingerprint density at radius 1 is 0.912 bits per heavy atom. The maximum absolute atomic E-state index is 12.0. The fourth-order valence-corrected chi connectivity index (χ4v) is 9.27. The maximum Gasteiger partial charge on any atom is 0.303 e. The molecule has 4 aliphatic carbocycles. The second-order valence-electron chi connectivity index (χ2n) is 12.8. The first-order valence-electron chi connectivity index (χ1n) is 13.2. The first-order valence-corrected chi connectivity index (χ1v) is 13.2.